The van der Waals surface area contributed by atoms with Crippen molar-refractivity contribution >= 4 is 5.69 Å². The molecule has 0 fully saturated rings. The molecular formula is C10H14N2. The zero-order chi connectivity index (χ0) is 8.55. The monoisotopic (exact) mass is 162 g/mol. The first-order valence-corrected chi connectivity index (χ1v) is 4.39. The summed E-state index contributed by atoms with van der Waals surface area (Å²) in [5.41, 5.74) is 9.71. The molecule has 0 bridgehead atoms. The van der Waals surface area contributed by atoms with Crippen molar-refractivity contribution < 1.29 is 0 Å². The Morgan fingerprint density at radius 2 is 2.33 bits per heavy atom. The summed E-state index contributed by atoms with van der Waals surface area (Å²) in [6.45, 7) is 3.09. The molecule has 0 saturated heterocycles. The molecule has 1 aromatic carbocycles. The molecule has 3 N–H and O–H groups in total. The van der Waals surface area contributed by atoms with Crippen molar-refractivity contribution in [3.8, 4) is 0 Å². The van der Waals surface area contributed by atoms with Gasteiger partial charge < -0.3 is 11.1 Å². The van der Waals surface area contributed by atoms with Crippen LogP contribution in [0.3, 0.4) is 0 Å². The second kappa shape index (κ2) is 2.79. The highest BCUT2D eigenvalue weighted by atomic mass is 14.9. The van der Waals surface area contributed by atoms with E-state index in [2.05, 4.69) is 23.5 Å². The highest BCUT2D eigenvalue weighted by Gasteiger charge is 2.10. The third-order valence-corrected chi connectivity index (χ3v) is 2.36. The van der Waals surface area contributed by atoms with Gasteiger partial charge in [0.15, 0.2) is 0 Å². The number of anilines is 1. The lowest BCUT2D eigenvalue weighted by atomic mass is 10.0. The Labute approximate surface area is 72.8 Å². The minimum atomic E-state index is 0.149. The van der Waals surface area contributed by atoms with Crippen LogP contribution in [-0.4, -0.2) is 6.54 Å². The molecule has 64 valence electrons. The number of hydrogen-bond donors (Lipinski definition) is 2. The van der Waals surface area contributed by atoms with Crippen molar-refractivity contribution in [2.75, 3.05) is 11.9 Å². The van der Waals surface area contributed by atoms with Gasteiger partial charge in [-0.3, -0.25) is 0 Å². The lowest BCUT2D eigenvalue weighted by Crippen LogP contribution is -2.04. The molecule has 1 atom stereocenters. The fraction of sp³-hybridized carbons (Fsp3) is 0.400. The van der Waals surface area contributed by atoms with Crippen LogP contribution >= 0.6 is 0 Å². The zero-order valence-corrected chi connectivity index (χ0v) is 7.30. The Bertz CT molecular complexity index is 292. The van der Waals surface area contributed by atoms with E-state index in [1.54, 1.807) is 0 Å². The van der Waals surface area contributed by atoms with E-state index >= 15 is 0 Å². The molecular weight excluding hydrogens is 148 g/mol. The number of nitrogens with two attached hydrogens (primary N) is 1. The lowest BCUT2D eigenvalue weighted by molar-refractivity contribution is 0.816. The molecule has 12 heavy (non-hydrogen) atoms. The predicted octanol–water partition coefficient (Wildman–Crippen LogP) is 1.67. The fourth-order valence-electron chi connectivity index (χ4n) is 1.61. The first-order chi connectivity index (χ1) is 5.77. The van der Waals surface area contributed by atoms with Crippen LogP contribution in [0.5, 0.6) is 0 Å². The standard InChI is InChI=1S/C10H14N2/c1-7(11)8-2-3-10-9(6-8)4-5-12-10/h2-3,6-7,12H,4-5,11H2,1H3/t7-/m1/s1. The van der Waals surface area contributed by atoms with E-state index < -0.39 is 0 Å². The Morgan fingerprint density at radius 3 is 3.08 bits per heavy atom. The van der Waals surface area contributed by atoms with E-state index in [0.717, 1.165) is 13.0 Å². The molecule has 0 aliphatic carbocycles. The Balaban J connectivity index is 2.39. The van der Waals surface area contributed by atoms with Crippen LogP contribution < -0.4 is 11.1 Å². The second-order valence-corrected chi connectivity index (χ2v) is 3.38. The number of benzene rings is 1. The average Bonchev–Trinajstić information content (AvgIpc) is 2.49. The largest absolute Gasteiger partial charge is 0.384 e. The maximum atomic E-state index is 5.79. The van der Waals surface area contributed by atoms with Gasteiger partial charge in [0.2, 0.25) is 0 Å². The van der Waals surface area contributed by atoms with Crippen molar-refractivity contribution in [2.45, 2.75) is 19.4 Å². The van der Waals surface area contributed by atoms with E-state index in [-0.39, 0.29) is 6.04 Å². The van der Waals surface area contributed by atoms with E-state index in [1.807, 2.05) is 6.92 Å². The summed E-state index contributed by atoms with van der Waals surface area (Å²) >= 11 is 0. The van der Waals surface area contributed by atoms with E-state index in [0.29, 0.717) is 0 Å². The SMILES string of the molecule is C[C@@H](N)c1ccc2c(c1)CCN2. The van der Waals surface area contributed by atoms with E-state index in [4.69, 9.17) is 5.73 Å². The molecule has 0 radical (unpaired) electrons. The van der Waals surface area contributed by atoms with Crippen LogP contribution in [0, 0.1) is 0 Å². The average molecular weight is 162 g/mol. The molecule has 2 heteroatoms. The van der Waals surface area contributed by atoms with Gasteiger partial charge in [-0.2, -0.15) is 0 Å². The third-order valence-electron chi connectivity index (χ3n) is 2.36. The first kappa shape index (κ1) is 7.62. The first-order valence-electron chi connectivity index (χ1n) is 4.39. The van der Waals surface area contributed by atoms with Crippen molar-refractivity contribution in [3.63, 3.8) is 0 Å². The second-order valence-electron chi connectivity index (χ2n) is 3.38. The van der Waals surface area contributed by atoms with Gasteiger partial charge in [-0.15, -0.1) is 0 Å². The molecule has 1 heterocycles. The van der Waals surface area contributed by atoms with Crippen LogP contribution in [0.4, 0.5) is 5.69 Å². The molecule has 2 nitrogen and oxygen atoms in total. The normalized spacial score (nSPS) is 16.8. The molecule has 1 aliphatic rings. The van der Waals surface area contributed by atoms with Gasteiger partial charge in [0.25, 0.3) is 0 Å². The Kier molecular flexibility index (Phi) is 1.77. The van der Waals surface area contributed by atoms with Crippen LogP contribution in [0.15, 0.2) is 18.2 Å². The topological polar surface area (TPSA) is 38.0 Å². The number of fused-ring (bicyclic) bond motifs is 1. The number of nitrogens with one attached hydrogen (secondary N) is 1. The van der Waals surface area contributed by atoms with E-state index in [1.165, 1.54) is 16.8 Å². The summed E-state index contributed by atoms with van der Waals surface area (Å²) in [6.07, 6.45) is 1.13. The minimum absolute atomic E-state index is 0.149. The molecule has 0 aromatic heterocycles. The van der Waals surface area contributed by atoms with Gasteiger partial charge in [0, 0.05) is 18.3 Å². The van der Waals surface area contributed by atoms with Crippen LogP contribution in [-0.2, 0) is 6.42 Å². The number of hydrogen-bond acceptors (Lipinski definition) is 2. The summed E-state index contributed by atoms with van der Waals surface area (Å²) in [7, 11) is 0. The smallest absolute Gasteiger partial charge is 0.0373 e. The van der Waals surface area contributed by atoms with Gasteiger partial charge in [-0.25, -0.2) is 0 Å². The van der Waals surface area contributed by atoms with Crippen LogP contribution in [0.2, 0.25) is 0 Å². The minimum Gasteiger partial charge on any atom is -0.384 e. The van der Waals surface area contributed by atoms with E-state index in [9.17, 15) is 0 Å². The maximum absolute atomic E-state index is 5.79. The summed E-state index contributed by atoms with van der Waals surface area (Å²) in [5, 5.41) is 3.33. The van der Waals surface area contributed by atoms with Crippen molar-refractivity contribution in [1.29, 1.82) is 0 Å². The molecule has 0 spiro atoms. The van der Waals surface area contributed by atoms with Gasteiger partial charge in [0.05, 0.1) is 0 Å². The fourth-order valence-corrected chi connectivity index (χ4v) is 1.61. The molecule has 0 amide bonds. The molecule has 2 rings (SSSR count). The molecule has 0 saturated carbocycles. The summed E-state index contributed by atoms with van der Waals surface area (Å²) in [5.74, 6) is 0. The lowest BCUT2D eigenvalue weighted by Gasteiger charge is -2.07. The van der Waals surface area contributed by atoms with Gasteiger partial charge in [-0.05, 0) is 30.5 Å². The number of rotatable bonds is 1. The highest BCUT2D eigenvalue weighted by molar-refractivity contribution is 5.56. The predicted molar refractivity (Wildman–Crippen MR) is 51.2 cm³/mol. The third kappa shape index (κ3) is 1.18. The maximum Gasteiger partial charge on any atom is 0.0373 e. The molecule has 0 unspecified atom stereocenters. The van der Waals surface area contributed by atoms with Gasteiger partial charge in [-0.1, -0.05) is 12.1 Å². The van der Waals surface area contributed by atoms with Crippen molar-refractivity contribution in [1.82, 2.24) is 0 Å². The molecule has 1 aromatic rings. The molecule has 1 aliphatic heterocycles. The summed E-state index contributed by atoms with van der Waals surface area (Å²) in [4.78, 5) is 0. The highest BCUT2D eigenvalue weighted by Crippen LogP contribution is 2.24. The Hall–Kier alpha value is -1.02. The Morgan fingerprint density at radius 1 is 1.50 bits per heavy atom. The van der Waals surface area contributed by atoms with Gasteiger partial charge >= 0.3 is 0 Å². The van der Waals surface area contributed by atoms with Crippen molar-refractivity contribution in [2.24, 2.45) is 5.73 Å². The van der Waals surface area contributed by atoms with Crippen LogP contribution in [0.25, 0.3) is 0 Å². The van der Waals surface area contributed by atoms with Crippen molar-refractivity contribution in [3.05, 3.63) is 29.3 Å². The summed E-state index contributed by atoms with van der Waals surface area (Å²) < 4.78 is 0. The zero-order valence-electron chi connectivity index (χ0n) is 7.30. The quantitative estimate of drug-likeness (QED) is 0.659. The van der Waals surface area contributed by atoms with Crippen LogP contribution in [0.1, 0.15) is 24.1 Å². The summed E-state index contributed by atoms with van der Waals surface area (Å²) in [6, 6.07) is 6.58. The van der Waals surface area contributed by atoms with Gasteiger partial charge in [0.1, 0.15) is 0 Å².